The van der Waals surface area contributed by atoms with E-state index < -0.39 is 17.5 Å². The lowest BCUT2D eigenvalue weighted by Gasteiger charge is -2.31. The summed E-state index contributed by atoms with van der Waals surface area (Å²) in [7, 11) is 1.68. The van der Waals surface area contributed by atoms with Crippen molar-refractivity contribution < 1.29 is 18.0 Å². The number of H-pyrrole nitrogens is 1. The van der Waals surface area contributed by atoms with Gasteiger partial charge >= 0.3 is 0 Å². The lowest BCUT2D eigenvalue weighted by Crippen LogP contribution is -2.42. The van der Waals surface area contributed by atoms with Crippen molar-refractivity contribution in [3.63, 3.8) is 0 Å². The molecule has 0 aliphatic heterocycles. The highest BCUT2D eigenvalue weighted by molar-refractivity contribution is 6.01. The fourth-order valence-corrected chi connectivity index (χ4v) is 5.75. The van der Waals surface area contributed by atoms with Gasteiger partial charge in [-0.1, -0.05) is 30.3 Å². The number of aryl methyl sites for hydroxylation is 1. The number of nitrogens with zero attached hydrogens (tertiary/aromatic N) is 4. The average Bonchev–Trinajstić information content (AvgIpc) is 3.56. The van der Waals surface area contributed by atoms with E-state index in [4.69, 9.17) is 12.3 Å². The Labute approximate surface area is 244 Å². The molecule has 3 aromatic heterocycles. The molecule has 3 heterocycles. The second kappa shape index (κ2) is 11.2. The third kappa shape index (κ3) is 5.25. The minimum Gasteiger partial charge on any atom is -0.382 e. The molecule has 0 spiro atoms. The van der Waals surface area contributed by atoms with Crippen molar-refractivity contribution >= 4 is 34.1 Å². The lowest BCUT2D eigenvalue weighted by molar-refractivity contribution is 0.0927. The molecule has 5 aromatic rings. The van der Waals surface area contributed by atoms with E-state index in [1.807, 2.05) is 0 Å². The van der Waals surface area contributed by atoms with Crippen molar-refractivity contribution in [1.82, 2.24) is 25.1 Å². The molecule has 1 fully saturated rings. The molecule has 218 valence electrons. The number of hydrogen-bond donors (Lipinski definition) is 4. The summed E-state index contributed by atoms with van der Waals surface area (Å²) in [5.41, 5.74) is 6.95. The number of nitrogens with one attached hydrogen (secondary N) is 3. The second-order valence-corrected chi connectivity index (χ2v) is 10.6. The van der Waals surface area contributed by atoms with E-state index in [1.54, 1.807) is 43.6 Å². The van der Waals surface area contributed by atoms with Crippen LogP contribution in [0, 0.1) is 24.0 Å². The third-order valence-electron chi connectivity index (χ3n) is 7.70. The van der Waals surface area contributed by atoms with Gasteiger partial charge in [0, 0.05) is 54.1 Å². The van der Waals surface area contributed by atoms with Crippen molar-refractivity contribution in [2.24, 2.45) is 7.05 Å². The van der Waals surface area contributed by atoms with Crippen LogP contribution in [0.15, 0.2) is 54.9 Å². The average molecular weight is 585 g/mol. The van der Waals surface area contributed by atoms with Crippen LogP contribution in [0.25, 0.3) is 38.1 Å². The van der Waals surface area contributed by atoms with Crippen LogP contribution in [0.5, 0.6) is 0 Å². The van der Waals surface area contributed by atoms with Crippen LogP contribution in [0.3, 0.4) is 0 Å². The van der Waals surface area contributed by atoms with Gasteiger partial charge in [-0.3, -0.25) is 9.48 Å². The van der Waals surface area contributed by atoms with E-state index in [2.05, 4.69) is 30.5 Å². The van der Waals surface area contributed by atoms with E-state index in [0.717, 1.165) is 25.0 Å². The molecule has 1 aliphatic carbocycles. The molecule has 1 amide bonds. The molecule has 12 heteroatoms. The van der Waals surface area contributed by atoms with Crippen LogP contribution in [-0.2, 0) is 7.05 Å². The normalized spacial score (nSPS) is 16.6. The highest BCUT2D eigenvalue weighted by atomic mass is 19.1. The maximum atomic E-state index is 16.3. The number of nitrogens with two attached hydrogens (primary N) is 1. The van der Waals surface area contributed by atoms with Crippen LogP contribution < -0.4 is 16.4 Å². The number of hydrogen-bond acceptors (Lipinski definition) is 5. The Kier molecular flexibility index (Phi) is 7.23. The molecular formula is C31H27F3N8O. The fourth-order valence-electron chi connectivity index (χ4n) is 5.75. The molecule has 0 saturated heterocycles. The summed E-state index contributed by atoms with van der Waals surface area (Å²) in [6.45, 7) is 7.95. The zero-order valence-electron chi connectivity index (χ0n) is 23.1. The van der Waals surface area contributed by atoms with Gasteiger partial charge in [-0.05, 0) is 37.3 Å². The Morgan fingerprint density at radius 3 is 2.65 bits per heavy atom. The summed E-state index contributed by atoms with van der Waals surface area (Å²) < 4.78 is 46.6. The summed E-state index contributed by atoms with van der Waals surface area (Å²) in [6, 6.07) is 10.1. The molecule has 2 aromatic carbocycles. The Bertz CT molecular complexity index is 1890. The van der Waals surface area contributed by atoms with Gasteiger partial charge < -0.3 is 21.4 Å². The van der Waals surface area contributed by atoms with Gasteiger partial charge in [-0.2, -0.15) is 5.10 Å². The maximum Gasteiger partial charge on any atom is 0.256 e. The first-order chi connectivity index (χ1) is 20.7. The SMILES string of the molecule is [C-]#[N+]c1c(-c2c[nH]c3c(F)cc(F)cc23)nc(N[C@@H]2CCC[C@H](NC(=O)c3cn(C)nc3N)C2)c(F)c1-c1ccccc1. The zero-order chi connectivity index (χ0) is 30.2. The summed E-state index contributed by atoms with van der Waals surface area (Å²) in [5, 5.41) is 10.4. The Balaban J connectivity index is 1.38. The molecule has 6 rings (SSSR count). The molecule has 0 unspecified atom stereocenters. The number of carbonyl (C=O) groups excluding carboxylic acids is 1. The highest BCUT2D eigenvalue weighted by Gasteiger charge is 2.29. The van der Waals surface area contributed by atoms with Gasteiger partial charge in [-0.25, -0.2) is 23.0 Å². The van der Waals surface area contributed by atoms with Crippen molar-refractivity contribution in [3.05, 3.63) is 89.3 Å². The first-order valence-corrected chi connectivity index (χ1v) is 13.7. The number of amides is 1. The van der Waals surface area contributed by atoms with Gasteiger partial charge in [0.25, 0.3) is 5.91 Å². The summed E-state index contributed by atoms with van der Waals surface area (Å²) in [6.07, 6.45) is 5.65. The number of fused-ring (bicyclic) bond motifs is 1. The number of nitrogen functional groups attached to an aromatic ring is 1. The van der Waals surface area contributed by atoms with E-state index in [-0.39, 0.29) is 68.6 Å². The molecule has 1 saturated carbocycles. The molecule has 0 bridgehead atoms. The Morgan fingerprint density at radius 2 is 1.93 bits per heavy atom. The number of pyridine rings is 1. The maximum absolute atomic E-state index is 16.3. The molecular weight excluding hydrogens is 557 g/mol. The van der Waals surface area contributed by atoms with Crippen molar-refractivity contribution in [2.45, 2.75) is 37.8 Å². The van der Waals surface area contributed by atoms with Gasteiger partial charge in [0.2, 0.25) is 5.69 Å². The number of benzene rings is 2. The van der Waals surface area contributed by atoms with E-state index in [1.165, 1.54) is 10.9 Å². The largest absolute Gasteiger partial charge is 0.382 e. The predicted octanol–water partition coefficient (Wildman–Crippen LogP) is 6.33. The quantitative estimate of drug-likeness (QED) is 0.174. The summed E-state index contributed by atoms with van der Waals surface area (Å²) in [4.78, 5) is 23.8. The lowest BCUT2D eigenvalue weighted by atomic mass is 9.90. The van der Waals surface area contributed by atoms with Crippen molar-refractivity contribution in [2.75, 3.05) is 11.1 Å². The minimum atomic E-state index is -0.794. The first kappa shape index (κ1) is 27.8. The fraction of sp³-hybridized carbons (Fsp3) is 0.226. The first-order valence-electron chi connectivity index (χ1n) is 13.7. The molecule has 0 radical (unpaired) electrons. The summed E-state index contributed by atoms with van der Waals surface area (Å²) in [5.74, 6) is -2.60. The van der Waals surface area contributed by atoms with Crippen LogP contribution >= 0.6 is 0 Å². The van der Waals surface area contributed by atoms with Crippen LogP contribution in [-0.4, -0.2) is 37.7 Å². The third-order valence-corrected chi connectivity index (χ3v) is 7.70. The topological polar surface area (TPSA) is 118 Å². The number of aromatic amines is 1. The molecule has 9 nitrogen and oxygen atoms in total. The van der Waals surface area contributed by atoms with Crippen LogP contribution in [0.2, 0.25) is 0 Å². The van der Waals surface area contributed by atoms with Crippen LogP contribution in [0.4, 0.5) is 30.5 Å². The highest BCUT2D eigenvalue weighted by Crippen LogP contribution is 2.44. The van der Waals surface area contributed by atoms with Gasteiger partial charge in [0.1, 0.15) is 17.2 Å². The minimum absolute atomic E-state index is 0.0297. The predicted molar refractivity (Wildman–Crippen MR) is 158 cm³/mol. The van der Waals surface area contributed by atoms with E-state index >= 15 is 4.39 Å². The molecule has 43 heavy (non-hydrogen) atoms. The molecule has 2 atom stereocenters. The zero-order valence-corrected chi connectivity index (χ0v) is 23.1. The van der Waals surface area contributed by atoms with Gasteiger partial charge in [0.15, 0.2) is 17.5 Å². The summed E-state index contributed by atoms with van der Waals surface area (Å²) >= 11 is 0. The molecule has 1 aliphatic rings. The molecule has 5 N–H and O–H groups in total. The standard InChI is InChI=1S/C31H27F3N8O/c1-36-28-24(16-7-4-3-5-8-16)25(34)30(40-27(28)21-14-37-26-20(21)11-17(32)12-23(26)33)38-18-9-6-10-19(13-18)39-31(43)22-15-42(2)41-29(22)35/h3-5,7-8,11-12,14-15,18-19,37H,6,9-10,13H2,2H3,(H2,35,41)(H,38,40)(H,39,43)/t18-,19+/m1/s1. The van der Waals surface area contributed by atoms with Crippen molar-refractivity contribution in [1.29, 1.82) is 0 Å². The number of carbonyl (C=O) groups is 1. The second-order valence-electron chi connectivity index (χ2n) is 10.6. The number of anilines is 2. The van der Waals surface area contributed by atoms with Gasteiger partial charge in [0.05, 0.1) is 17.8 Å². The van der Waals surface area contributed by atoms with E-state index in [0.29, 0.717) is 18.4 Å². The van der Waals surface area contributed by atoms with Crippen LogP contribution in [0.1, 0.15) is 36.0 Å². The van der Waals surface area contributed by atoms with E-state index in [9.17, 15) is 13.6 Å². The Hall–Kier alpha value is -5.31. The number of rotatable bonds is 6. The number of aromatic nitrogens is 4. The number of halogens is 3. The smallest absolute Gasteiger partial charge is 0.256 e. The van der Waals surface area contributed by atoms with Crippen molar-refractivity contribution in [3.8, 4) is 22.4 Å². The van der Waals surface area contributed by atoms with Gasteiger partial charge in [-0.15, -0.1) is 0 Å². The monoisotopic (exact) mass is 584 g/mol. The Morgan fingerprint density at radius 1 is 1.16 bits per heavy atom.